The maximum Gasteiger partial charge on any atom is 0.106 e. The fraction of sp³-hybridized carbons (Fsp3) is 0.429. The van der Waals surface area contributed by atoms with E-state index in [9.17, 15) is 0 Å². The first kappa shape index (κ1) is 10.9. The summed E-state index contributed by atoms with van der Waals surface area (Å²) in [6.45, 7) is 4.62. The number of hydrogen-bond donors (Lipinski definition) is 0. The molecule has 1 aliphatic rings. The van der Waals surface area contributed by atoms with Crippen LogP contribution in [0.2, 0.25) is 0 Å². The minimum Gasteiger partial charge on any atom is -0.0619 e. The molecule has 0 saturated carbocycles. The Morgan fingerprint density at radius 3 is 2.33 bits per heavy atom. The zero-order valence-electron chi connectivity index (χ0n) is 9.74. The number of rotatable bonds is 4. The molecule has 0 aliphatic carbocycles. The first-order chi connectivity index (χ1) is 7.32. The van der Waals surface area contributed by atoms with Crippen LogP contribution in [-0.4, -0.2) is 12.3 Å². The van der Waals surface area contributed by atoms with Crippen molar-refractivity contribution in [3.8, 4) is 0 Å². The minimum atomic E-state index is -0.917. The van der Waals surface area contributed by atoms with Crippen molar-refractivity contribution in [3.63, 3.8) is 0 Å². The zero-order chi connectivity index (χ0) is 10.7. The molecule has 1 aromatic carbocycles. The van der Waals surface area contributed by atoms with Gasteiger partial charge in [0.2, 0.25) is 0 Å². The summed E-state index contributed by atoms with van der Waals surface area (Å²) >= 11 is 0. The van der Waals surface area contributed by atoms with Crippen LogP contribution in [0.1, 0.15) is 32.3 Å². The third kappa shape index (κ3) is 1.88. The Bertz CT molecular complexity index is 359. The largest absolute Gasteiger partial charge is 0.106 e. The molecule has 0 spiro atoms. The molecule has 0 atom stereocenters. The van der Waals surface area contributed by atoms with Crippen molar-refractivity contribution in [2.45, 2.75) is 26.7 Å². The molecule has 15 heavy (non-hydrogen) atoms. The average molecular weight is 219 g/mol. The summed E-state index contributed by atoms with van der Waals surface area (Å²) in [6.07, 6.45) is 7.77. The third-order valence-electron chi connectivity index (χ3n) is 3.20. The van der Waals surface area contributed by atoms with Crippen molar-refractivity contribution in [2.75, 3.05) is 12.3 Å². The van der Waals surface area contributed by atoms with E-state index in [1.54, 1.807) is 5.30 Å². The van der Waals surface area contributed by atoms with Crippen LogP contribution in [-0.2, 0) is 0 Å². The molecule has 1 aliphatic heterocycles. The van der Waals surface area contributed by atoms with Gasteiger partial charge >= 0.3 is 0 Å². The van der Waals surface area contributed by atoms with Crippen LogP contribution in [0.5, 0.6) is 0 Å². The highest BCUT2D eigenvalue weighted by molar-refractivity contribution is 7.86. The van der Waals surface area contributed by atoms with Crippen molar-refractivity contribution < 1.29 is 0 Å². The Labute approximate surface area is 93.7 Å². The van der Waals surface area contributed by atoms with Gasteiger partial charge in [0, 0.05) is 5.56 Å². The Balaban J connectivity index is 2.39. The molecule has 2 rings (SSSR count). The van der Waals surface area contributed by atoms with E-state index < -0.39 is 7.26 Å². The quantitative estimate of drug-likeness (QED) is 0.668. The monoisotopic (exact) mass is 219 g/mol. The number of hydrogen-bond acceptors (Lipinski definition) is 0. The second-order valence-corrected chi connectivity index (χ2v) is 8.10. The van der Waals surface area contributed by atoms with Crippen LogP contribution in [0.4, 0.5) is 0 Å². The normalized spacial score (nSPS) is 16.7. The van der Waals surface area contributed by atoms with Gasteiger partial charge in [-0.1, -0.05) is 32.0 Å². The Morgan fingerprint density at radius 1 is 1.00 bits per heavy atom. The van der Waals surface area contributed by atoms with Gasteiger partial charge in [-0.3, -0.25) is 0 Å². The van der Waals surface area contributed by atoms with Gasteiger partial charge in [0.05, 0.1) is 25.4 Å². The molecule has 0 radical (unpaired) electrons. The van der Waals surface area contributed by atoms with Gasteiger partial charge in [-0.2, -0.15) is 0 Å². The molecule has 1 aromatic rings. The van der Waals surface area contributed by atoms with E-state index in [4.69, 9.17) is 0 Å². The molecule has 0 N–H and O–H groups in total. The van der Waals surface area contributed by atoms with Crippen LogP contribution >= 0.6 is 7.26 Å². The molecule has 0 saturated heterocycles. The highest BCUT2D eigenvalue weighted by Gasteiger charge is 2.40. The maximum absolute atomic E-state index is 2.55. The Kier molecular flexibility index (Phi) is 3.26. The predicted octanol–water partition coefficient (Wildman–Crippen LogP) is 4.13. The van der Waals surface area contributed by atoms with Gasteiger partial charge < -0.3 is 0 Å². The van der Waals surface area contributed by atoms with Crippen LogP contribution in [0.25, 0.3) is 6.08 Å². The van der Waals surface area contributed by atoms with Gasteiger partial charge in [0.1, 0.15) is 5.30 Å². The van der Waals surface area contributed by atoms with Gasteiger partial charge in [-0.25, -0.2) is 0 Å². The van der Waals surface area contributed by atoms with Crippen LogP contribution in [0, 0.1) is 0 Å². The van der Waals surface area contributed by atoms with Crippen LogP contribution in [0.3, 0.4) is 0 Å². The molecular weight excluding hydrogens is 199 g/mol. The smallest absolute Gasteiger partial charge is 0.0619 e. The highest BCUT2D eigenvalue weighted by atomic mass is 31.2. The molecule has 1 heterocycles. The fourth-order valence-corrected chi connectivity index (χ4v) is 6.89. The molecule has 0 nitrogen and oxygen atoms in total. The summed E-state index contributed by atoms with van der Waals surface area (Å²) in [5, 5.41) is 1.66. The van der Waals surface area contributed by atoms with E-state index in [1.165, 1.54) is 30.7 Å². The molecule has 0 bridgehead atoms. The van der Waals surface area contributed by atoms with Crippen molar-refractivity contribution in [3.05, 3.63) is 35.6 Å². The summed E-state index contributed by atoms with van der Waals surface area (Å²) in [6, 6.07) is 8.97. The zero-order valence-corrected chi connectivity index (χ0v) is 10.6. The van der Waals surface area contributed by atoms with Crippen molar-refractivity contribution in [1.82, 2.24) is 0 Å². The van der Waals surface area contributed by atoms with Gasteiger partial charge in [-0.05, 0) is 25.0 Å². The SMILES string of the molecule is CCC[P+]1(CCC)C=Cc2ccccc21. The standard InChI is InChI=1S/C14H20P/c1-3-10-15(11-4-2)12-9-13-7-5-6-8-14(13)15/h5-9,12H,3-4,10-11H2,1-2H3/q+1. The minimum absolute atomic E-state index is 0.917. The van der Waals surface area contributed by atoms with E-state index in [2.05, 4.69) is 50.0 Å². The second kappa shape index (κ2) is 4.49. The van der Waals surface area contributed by atoms with Crippen molar-refractivity contribution >= 4 is 18.6 Å². The number of benzene rings is 1. The topological polar surface area (TPSA) is 0 Å². The second-order valence-electron chi connectivity index (χ2n) is 4.36. The summed E-state index contributed by atoms with van der Waals surface area (Å²) in [5.74, 6) is 2.55. The lowest BCUT2D eigenvalue weighted by atomic mass is 10.2. The van der Waals surface area contributed by atoms with Crippen LogP contribution in [0.15, 0.2) is 30.1 Å². The molecule has 0 amide bonds. The van der Waals surface area contributed by atoms with Crippen molar-refractivity contribution in [2.24, 2.45) is 0 Å². The van der Waals surface area contributed by atoms with Crippen LogP contribution < -0.4 is 5.30 Å². The molecular formula is C14H20P+. The lowest BCUT2D eigenvalue weighted by Gasteiger charge is -2.20. The van der Waals surface area contributed by atoms with E-state index >= 15 is 0 Å². The highest BCUT2D eigenvalue weighted by Crippen LogP contribution is 2.63. The molecule has 0 aromatic heterocycles. The Morgan fingerprint density at radius 2 is 1.67 bits per heavy atom. The predicted molar refractivity (Wildman–Crippen MR) is 72.3 cm³/mol. The van der Waals surface area contributed by atoms with E-state index in [-0.39, 0.29) is 0 Å². The number of fused-ring (bicyclic) bond motifs is 1. The molecule has 0 fully saturated rings. The maximum atomic E-state index is 2.55. The third-order valence-corrected chi connectivity index (χ3v) is 7.78. The molecule has 0 unspecified atom stereocenters. The van der Waals surface area contributed by atoms with E-state index in [1.807, 2.05) is 0 Å². The first-order valence-electron chi connectivity index (χ1n) is 5.98. The lowest BCUT2D eigenvalue weighted by molar-refractivity contribution is 1.05. The summed E-state index contributed by atoms with van der Waals surface area (Å²) < 4.78 is 0. The fourth-order valence-electron chi connectivity index (χ4n) is 2.64. The Hall–Kier alpha value is -0.610. The van der Waals surface area contributed by atoms with Crippen molar-refractivity contribution in [1.29, 1.82) is 0 Å². The first-order valence-corrected chi connectivity index (χ1v) is 8.21. The van der Waals surface area contributed by atoms with Gasteiger partial charge in [0.15, 0.2) is 0 Å². The van der Waals surface area contributed by atoms with Gasteiger partial charge in [0.25, 0.3) is 0 Å². The average Bonchev–Trinajstić information content (AvgIpc) is 2.60. The summed E-state index contributed by atoms with van der Waals surface area (Å²) in [5.41, 5.74) is 1.48. The van der Waals surface area contributed by atoms with E-state index in [0.717, 1.165) is 0 Å². The molecule has 80 valence electrons. The van der Waals surface area contributed by atoms with E-state index in [0.29, 0.717) is 0 Å². The van der Waals surface area contributed by atoms with Gasteiger partial charge in [-0.15, -0.1) is 0 Å². The molecule has 1 heteroatoms. The summed E-state index contributed by atoms with van der Waals surface area (Å²) in [4.78, 5) is 0. The lowest BCUT2D eigenvalue weighted by Crippen LogP contribution is -2.14. The summed E-state index contributed by atoms with van der Waals surface area (Å²) in [7, 11) is -0.917.